The lowest BCUT2D eigenvalue weighted by Gasteiger charge is -2.16. The number of hydrogen-bond acceptors (Lipinski definition) is 2. The molecule has 0 saturated heterocycles. The van der Waals surface area contributed by atoms with Crippen LogP contribution >= 0.6 is 0 Å². The zero-order chi connectivity index (χ0) is 6.81. The van der Waals surface area contributed by atoms with Crippen molar-refractivity contribution in [3.63, 3.8) is 0 Å². The van der Waals surface area contributed by atoms with Crippen molar-refractivity contribution in [2.24, 2.45) is 0 Å². The minimum atomic E-state index is 0.824. The summed E-state index contributed by atoms with van der Waals surface area (Å²) in [6.45, 7) is 3.36. The molecular formula is C8H6NO. The molecule has 1 aliphatic heterocycles. The summed E-state index contributed by atoms with van der Waals surface area (Å²) in [6.07, 6.45) is 0. The summed E-state index contributed by atoms with van der Waals surface area (Å²) in [5, 5.41) is 3.04. The van der Waals surface area contributed by atoms with Crippen molar-refractivity contribution < 1.29 is 4.74 Å². The van der Waals surface area contributed by atoms with Gasteiger partial charge in [0.2, 0.25) is 0 Å². The van der Waals surface area contributed by atoms with E-state index in [4.69, 9.17) is 4.74 Å². The molecule has 49 valence electrons. The normalized spacial score (nSPS) is 14.8. The average Bonchev–Trinajstić information content (AvgIpc) is 2.05. The molecule has 1 N–H and O–H groups in total. The lowest BCUT2D eigenvalue weighted by Crippen LogP contribution is -2.07. The Hall–Kier alpha value is -1.18. The van der Waals surface area contributed by atoms with Gasteiger partial charge in [0.15, 0.2) is 6.61 Å². The molecular weight excluding hydrogens is 126 g/mol. The molecule has 0 unspecified atom stereocenters. The van der Waals surface area contributed by atoms with Crippen LogP contribution in [0.5, 0.6) is 5.75 Å². The molecule has 10 heavy (non-hydrogen) atoms. The molecule has 0 bridgehead atoms. The Kier molecular flexibility index (Phi) is 1.24. The van der Waals surface area contributed by atoms with E-state index in [1.54, 1.807) is 19.2 Å². The van der Waals surface area contributed by atoms with Crippen LogP contribution in [0.2, 0.25) is 0 Å². The molecule has 0 atom stereocenters. The molecule has 1 aromatic rings. The Bertz CT molecular complexity index is 209. The van der Waals surface area contributed by atoms with Crippen LogP contribution in [0.3, 0.4) is 0 Å². The molecule has 0 fully saturated rings. The fourth-order valence-corrected chi connectivity index (χ4v) is 0.863. The molecule has 0 aromatic heterocycles. The summed E-state index contributed by atoms with van der Waals surface area (Å²) in [4.78, 5) is 0. The van der Waals surface area contributed by atoms with Gasteiger partial charge in [-0.3, -0.25) is 0 Å². The second-order valence-electron chi connectivity index (χ2n) is 1.99. The minimum Gasteiger partial charge on any atom is -0.482 e. The Morgan fingerprint density at radius 2 is 2.50 bits per heavy atom. The van der Waals surface area contributed by atoms with Crippen LogP contribution in [-0.4, -0.2) is 0 Å². The highest BCUT2D eigenvalue weighted by molar-refractivity contribution is 5.59. The molecule has 0 amide bonds. The van der Waals surface area contributed by atoms with E-state index in [0.717, 1.165) is 11.4 Å². The summed E-state index contributed by atoms with van der Waals surface area (Å²) >= 11 is 0. The van der Waals surface area contributed by atoms with E-state index in [1.807, 2.05) is 12.1 Å². The van der Waals surface area contributed by atoms with Crippen LogP contribution in [0.1, 0.15) is 0 Å². The van der Waals surface area contributed by atoms with Crippen LogP contribution in [0, 0.1) is 19.2 Å². The number of hydrogen-bond donors (Lipinski definition) is 1. The molecule has 0 spiro atoms. The zero-order valence-electron chi connectivity index (χ0n) is 5.29. The zero-order valence-corrected chi connectivity index (χ0v) is 5.29. The van der Waals surface area contributed by atoms with Gasteiger partial charge in [0.1, 0.15) is 5.75 Å². The monoisotopic (exact) mass is 132 g/mol. The Morgan fingerprint density at radius 1 is 1.50 bits per heavy atom. The third-order valence-electron chi connectivity index (χ3n) is 1.33. The molecule has 1 heterocycles. The van der Waals surface area contributed by atoms with Gasteiger partial charge in [0, 0.05) is 0 Å². The van der Waals surface area contributed by atoms with Crippen molar-refractivity contribution >= 4 is 5.69 Å². The second kappa shape index (κ2) is 2.21. The van der Waals surface area contributed by atoms with E-state index in [1.165, 1.54) is 0 Å². The predicted molar refractivity (Wildman–Crippen MR) is 38.1 cm³/mol. The highest BCUT2D eigenvalue weighted by atomic mass is 16.5. The van der Waals surface area contributed by atoms with Gasteiger partial charge in [-0.25, -0.2) is 0 Å². The summed E-state index contributed by atoms with van der Waals surface area (Å²) in [7, 11) is 0. The minimum absolute atomic E-state index is 0.824. The van der Waals surface area contributed by atoms with Crippen LogP contribution in [-0.2, 0) is 0 Å². The number of anilines is 1. The van der Waals surface area contributed by atoms with Gasteiger partial charge in [-0.2, -0.15) is 0 Å². The van der Waals surface area contributed by atoms with E-state index < -0.39 is 0 Å². The number of ether oxygens (including phenoxy) is 1. The maximum Gasteiger partial charge on any atom is 0.160 e. The molecule has 2 rings (SSSR count). The second-order valence-corrected chi connectivity index (χ2v) is 1.99. The van der Waals surface area contributed by atoms with Crippen molar-refractivity contribution in [3.8, 4) is 5.75 Å². The Morgan fingerprint density at radius 3 is 3.40 bits per heavy atom. The summed E-state index contributed by atoms with van der Waals surface area (Å²) in [5.41, 5.74) is 0.987. The van der Waals surface area contributed by atoms with Crippen molar-refractivity contribution in [2.45, 2.75) is 0 Å². The van der Waals surface area contributed by atoms with Gasteiger partial charge < -0.3 is 10.1 Å². The predicted octanol–water partition coefficient (Wildman–Crippen LogP) is 1.61. The van der Waals surface area contributed by atoms with Gasteiger partial charge >= 0.3 is 0 Å². The quantitative estimate of drug-likeness (QED) is 0.579. The van der Waals surface area contributed by atoms with Crippen molar-refractivity contribution in [3.05, 3.63) is 37.4 Å². The van der Waals surface area contributed by atoms with E-state index in [2.05, 4.69) is 11.4 Å². The van der Waals surface area contributed by atoms with Gasteiger partial charge in [-0.05, 0) is 18.2 Å². The van der Waals surface area contributed by atoms with Gasteiger partial charge in [-0.1, -0.05) is 6.07 Å². The highest BCUT2D eigenvalue weighted by Gasteiger charge is 2.07. The maximum absolute atomic E-state index is 5.15. The van der Waals surface area contributed by atoms with Crippen molar-refractivity contribution in [2.75, 3.05) is 5.32 Å². The molecule has 3 radical (unpaired) electrons. The molecule has 0 aliphatic carbocycles. The lowest BCUT2D eigenvalue weighted by molar-refractivity contribution is 0.417. The highest BCUT2D eigenvalue weighted by Crippen LogP contribution is 2.27. The summed E-state index contributed by atoms with van der Waals surface area (Å²) < 4.78 is 5.15. The third kappa shape index (κ3) is 0.817. The van der Waals surface area contributed by atoms with Gasteiger partial charge in [0.05, 0.1) is 12.2 Å². The topological polar surface area (TPSA) is 21.3 Å². The number of benzene rings is 1. The standard InChI is InChI=1S/C8H6NO/c1-2-4-8-7(3-1)9-5-6-10-8/h1,3-6,9H. The first kappa shape index (κ1) is 5.59. The van der Waals surface area contributed by atoms with Crippen LogP contribution in [0.4, 0.5) is 5.69 Å². The molecule has 0 saturated carbocycles. The Labute approximate surface area is 59.8 Å². The molecule has 1 aromatic carbocycles. The smallest absolute Gasteiger partial charge is 0.160 e. The van der Waals surface area contributed by atoms with E-state index in [9.17, 15) is 0 Å². The third-order valence-corrected chi connectivity index (χ3v) is 1.33. The first-order valence-electron chi connectivity index (χ1n) is 3.05. The maximum atomic E-state index is 5.15. The van der Waals surface area contributed by atoms with Crippen molar-refractivity contribution in [1.82, 2.24) is 0 Å². The Balaban J connectivity index is 2.41. The fourth-order valence-electron chi connectivity index (χ4n) is 0.863. The van der Waals surface area contributed by atoms with E-state index >= 15 is 0 Å². The van der Waals surface area contributed by atoms with Gasteiger partial charge in [-0.15, -0.1) is 0 Å². The number of rotatable bonds is 0. The fraction of sp³-hybridized carbons (Fsp3) is 0. The average molecular weight is 132 g/mol. The van der Waals surface area contributed by atoms with Crippen LogP contribution in [0.25, 0.3) is 0 Å². The van der Waals surface area contributed by atoms with Crippen molar-refractivity contribution in [1.29, 1.82) is 0 Å². The molecule has 1 aliphatic rings. The van der Waals surface area contributed by atoms with E-state index in [0.29, 0.717) is 0 Å². The molecule has 2 nitrogen and oxygen atoms in total. The largest absolute Gasteiger partial charge is 0.482 e. The van der Waals surface area contributed by atoms with E-state index in [-0.39, 0.29) is 0 Å². The van der Waals surface area contributed by atoms with Gasteiger partial charge in [0.25, 0.3) is 0 Å². The first-order chi connectivity index (χ1) is 4.97. The summed E-state index contributed by atoms with van der Waals surface area (Å²) in [5.74, 6) is 0.824. The summed E-state index contributed by atoms with van der Waals surface area (Å²) in [6, 6.07) is 8.48. The van der Waals surface area contributed by atoms with Crippen LogP contribution < -0.4 is 10.1 Å². The number of nitrogens with one attached hydrogen (secondary N) is 1. The number of fused-ring (bicyclic) bond motifs is 1. The lowest BCUT2D eigenvalue weighted by atomic mass is 10.3. The molecule has 2 heteroatoms. The SMILES string of the molecule is [c]1ccc2c(c1)O[CH][CH]N2. The first-order valence-corrected chi connectivity index (χ1v) is 3.05. The van der Waals surface area contributed by atoms with Crippen LogP contribution in [0.15, 0.2) is 18.2 Å².